The van der Waals surface area contributed by atoms with E-state index in [-0.39, 0.29) is 17.7 Å². The molecule has 0 aliphatic heterocycles. The molecule has 94 valence electrons. The standard InChI is InChI=1S/C12H23NO3/c1-9(2)8-12(3,4)11(16)13-7-5-6-10(14)15/h9H,5-8H2,1-4H3,(H,13,16)(H,14,15). The quantitative estimate of drug-likeness (QED) is 0.656. The van der Waals surface area contributed by atoms with Gasteiger partial charge in [-0.25, -0.2) is 0 Å². The van der Waals surface area contributed by atoms with E-state index in [0.29, 0.717) is 18.9 Å². The van der Waals surface area contributed by atoms with E-state index in [1.165, 1.54) is 0 Å². The molecular weight excluding hydrogens is 206 g/mol. The molecule has 1 amide bonds. The van der Waals surface area contributed by atoms with E-state index in [1.54, 1.807) is 0 Å². The number of nitrogens with one attached hydrogen (secondary N) is 1. The summed E-state index contributed by atoms with van der Waals surface area (Å²) in [6.07, 6.45) is 1.42. The zero-order chi connectivity index (χ0) is 12.8. The molecule has 0 atom stereocenters. The normalized spacial score (nSPS) is 11.6. The molecule has 0 aliphatic rings. The van der Waals surface area contributed by atoms with Gasteiger partial charge in [-0.1, -0.05) is 27.7 Å². The molecule has 0 rings (SSSR count). The Balaban J connectivity index is 3.91. The highest BCUT2D eigenvalue weighted by atomic mass is 16.4. The van der Waals surface area contributed by atoms with Gasteiger partial charge in [0.2, 0.25) is 5.91 Å². The van der Waals surface area contributed by atoms with E-state index in [4.69, 9.17) is 5.11 Å². The molecule has 0 aromatic rings. The molecule has 0 spiro atoms. The number of rotatable bonds is 7. The van der Waals surface area contributed by atoms with Crippen molar-refractivity contribution < 1.29 is 14.7 Å². The molecule has 16 heavy (non-hydrogen) atoms. The van der Waals surface area contributed by atoms with Gasteiger partial charge in [0.1, 0.15) is 0 Å². The zero-order valence-electron chi connectivity index (χ0n) is 10.7. The summed E-state index contributed by atoms with van der Waals surface area (Å²) in [5, 5.41) is 11.2. The van der Waals surface area contributed by atoms with Crippen LogP contribution in [0.2, 0.25) is 0 Å². The summed E-state index contributed by atoms with van der Waals surface area (Å²) in [6, 6.07) is 0. The van der Waals surface area contributed by atoms with Gasteiger partial charge in [0, 0.05) is 18.4 Å². The molecule has 0 bridgehead atoms. The van der Waals surface area contributed by atoms with Crippen molar-refractivity contribution in [3.8, 4) is 0 Å². The van der Waals surface area contributed by atoms with Gasteiger partial charge in [-0.2, -0.15) is 0 Å². The Morgan fingerprint density at radius 2 is 1.88 bits per heavy atom. The molecule has 0 aromatic carbocycles. The number of hydrogen-bond acceptors (Lipinski definition) is 2. The van der Waals surface area contributed by atoms with Crippen LogP contribution in [0, 0.1) is 11.3 Å². The molecule has 4 nitrogen and oxygen atoms in total. The number of carboxylic acids is 1. The second-order valence-electron chi connectivity index (χ2n) is 5.24. The van der Waals surface area contributed by atoms with Gasteiger partial charge in [-0.05, 0) is 18.8 Å². The van der Waals surface area contributed by atoms with Crippen LogP contribution in [-0.4, -0.2) is 23.5 Å². The molecule has 0 saturated heterocycles. The first-order valence-corrected chi connectivity index (χ1v) is 5.76. The van der Waals surface area contributed by atoms with Gasteiger partial charge < -0.3 is 10.4 Å². The Kier molecular flexibility index (Phi) is 6.08. The van der Waals surface area contributed by atoms with Crippen LogP contribution in [-0.2, 0) is 9.59 Å². The molecule has 0 radical (unpaired) electrons. The van der Waals surface area contributed by atoms with E-state index in [1.807, 2.05) is 13.8 Å². The minimum Gasteiger partial charge on any atom is -0.481 e. The monoisotopic (exact) mass is 229 g/mol. The lowest BCUT2D eigenvalue weighted by Gasteiger charge is -2.25. The van der Waals surface area contributed by atoms with Crippen LogP contribution < -0.4 is 5.32 Å². The largest absolute Gasteiger partial charge is 0.481 e. The van der Waals surface area contributed by atoms with Crippen LogP contribution in [0.4, 0.5) is 0 Å². The summed E-state index contributed by atoms with van der Waals surface area (Å²) in [7, 11) is 0. The summed E-state index contributed by atoms with van der Waals surface area (Å²) in [4.78, 5) is 22.1. The van der Waals surface area contributed by atoms with E-state index in [9.17, 15) is 9.59 Å². The van der Waals surface area contributed by atoms with E-state index >= 15 is 0 Å². The van der Waals surface area contributed by atoms with Crippen LogP contribution in [0.5, 0.6) is 0 Å². The molecule has 0 heterocycles. The van der Waals surface area contributed by atoms with E-state index in [0.717, 1.165) is 6.42 Å². The third-order valence-electron chi connectivity index (χ3n) is 2.39. The van der Waals surface area contributed by atoms with Crippen LogP contribution in [0.1, 0.15) is 47.0 Å². The van der Waals surface area contributed by atoms with Crippen molar-refractivity contribution >= 4 is 11.9 Å². The van der Waals surface area contributed by atoms with E-state index < -0.39 is 5.97 Å². The predicted octanol–water partition coefficient (Wildman–Crippen LogP) is 2.04. The number of carboxylic acid groups (broad SMARTS) is 1. The van der Waals surface area contributed by atoms with Crippen molar-refractivity contribution in [2.75, 3.05) is 6.54 Å². The Hall–Kier alpha value is -1.06. The van der Waals surface area contributed by atoms with Gasteiger partial charge in [0.15, 0.2) is 0 Å². The van der Waals surface area contributed by atoms with Gasteiger partial charge in [-0.15, -0.1) is 0 Å². The summed E-state index contributed by atoms with van der Waals surface area (Å²) in [5.74, 6) is -0.345. The summed E-state index contributed by atoms with van der Waals surface area (Å²) in [5.41, 5.74) is -0.378. The Morgan fingerprint density at radius 3 is 2.31 bits per heavy atom. The first kappa shape index (κ1) is 14.9. The average Bonchev–Trinajstić information content (AvgIpc) is 2.09. The minimum absolute atomic E-state index is 0.00610. The van der Waals surface area contributed by atoms with Crippen LogP contribution in [0.25, 0.3) is 0 Å². The predicted molar refractivity (Wildman–Crippen MR) is 63.1 cm³/mol. The number of carbonyl (C=O) groups is 2. The smallest absolute Gasteiger partial charge is 0.303 e. The Bertz CT molecular complexity index is 247. The molecule has 0 aliphatic carbocycles. The first-order chi connectivity index (χ1) is 7.25. The fourth-order valence-electron chi connectivity index (χ4n) is 1.79. The van der Waals surface area contributed by atoms with Gasteiger partial charge in [0.25, 0.3) is 0 Å². The fourth-order valence-corrected chi connectivity index (χ4v) is 1.79. The topological polar surface area (TPSA) is 66.4 Å². The Labute approximate surface area is 97.4 Å². The van der Waals surface area contributed by atoms with Crippen LogP contribution >= 0.6 is 0 Å². The maximum atomic E-state index is 11.8. The maximum Gasteiger partial charge on any atom is 0.303 e. The molecule has 0 unspecified atom stereocenters. The summed E-state index contributed by atoms with van der Waals surface area (Å²) >= 11 is 0. The maximum absolute atomic E-state index is 11.8. The number of amides is 1. The van der Waals surface area contributed by atoms with Gasteiger partial charge in [0.05, 0.1) is 0 Å². The van der Waals surface area contributed by atoms with E-state index in [2.05, 4.69) is 19.2 Å². The minimum atomic E-state index is -0.823. The second kappa shape index (κ2) is 6.51. The van der Waals surface area contributed by atoms with Crippen molar-refractivity contribution in [2.24, 2.45) is 11.3 Å². The van der Waals surface area contributed by atoms with Gasteiger partial charge >= 0.3 is 5.97 Å². The average molecular weight is 229 g/mol. The number of aliphatic carboxylic acids is 1. The van der Waals surface area contributed by atoms with Crippen molar-refractivity contribution in [1.82, 2.24) is 5.32 Å². The first-order valence-electron chi connectivity index (χ1n) is 5.76. The molecule has 0 aromatic heterocycles. The molecular formula is C12H23NO3. The summed E-state index contributed by atoms with van der Waals surface area (Å²) in [6.45, 7) is 8.44. The summed E-state index contributed by atoms with van der Waals surface area (Å²) < 4.78 is 0. The Morgan fingerprint density at radius 1 is 1.31 bits per heavy atom. The number of carbonyl (C=O) groups excluding carboxylic acids is 1. The number of hydrogen-bond donors (Lipinski definition) is 2. The van der Waals surface area contributed by atoms with Crippen molar-refractivity contribution in [3.05, 3.63) is 0 Å². The third kappa shape index (κ3) is 6.43. The highest BCUT2D eigenvalue weighted by Crippen LogP contribution is 2.25. The van der Waals surface area contributed by atoms with Crippen molar-refractivity contribution in [1.29, 1.82) is 0 Å². The second-order valence-corrected chi connectivity index (χ2v) is 5.24. The molecule has 0 saturated carbocycles. The molecule has 0 fully saturated rings. The van der Waals surface area contributed by atoms with Crippen LogP contribution in [0.3, 0.4) is 0 Å². The van der Waals surface area contributed by atoms with Gasteiger partial charge in [-0.3, -0.25) is 9.59 Å². The highest BCUT2D eigenvalue weighted by molar-refractivity contribution is 5.81. The van der Waals surface area contributed by atoms with Crippen molar-refractivity contribution in [3.63, 3.8) is 0 Å². The zero-order valence-corrected chi connectivity index (χ0v) is 10.7. The fraction of sp³-hybridized carbons (Fsp3) is 0.833. The molecule has 4 heteroatoms. The van der Waals surface area contributed by atoms with Crippen molar-refractivity contribution in [2.45, 2.75) is 47.0 Å². The molecule has 2 N–H and O–H groups in total. The highest BCUT2D eigenvalue weighted by Gasteiger charge is 2.27. The lowest BCUT2D eigenvalue weighted by atomic mass is 9.83. The lowest BCUT2D eigenvalue weighted by molar-refractivity contribution is -0.137. The SMILES string of the molecule is CC(C)CC(C)(C)C(=O)NCCCC(=O)O. The lowest BCUT2D eigenvalue weighted by Crippen LogP contribution is -2.38. The van der Waals surface area contributed by atoms with Crippen LogP contribution in [0.15, 0.2) is 0 Å². The third-order valence-corrected chi connectivity index (χ3v) is 2.39.